The number of sulfonamides is 1. The van der Waals surface area contributed by atoms with Crippen LogP contribution < -0.4 is 5.32 Å². The van der Waals surface area contributed by atoms with E-state index in [-0.39, 0.29) is 27.7 Å². The number of rotatable bonds is 4. The van der Waals surface area contributed by atoms with Crippen molar-refractivity contribution in [1.29, 1.82) is 0 Å². The Balaban J connectivity index is 1.52. The number of nitrogens with one attached hydrogen (secondary N) is 1. The standard InChI is InChI=1S/C23H27ClN2O3S/c1-22(2)12-19-13-23(3,14-22)15-26(19)30(28,29)20-10-4-16(5-11-20)21(27)25-18-8-6-17(24)7-9-18/h4-11,19H,12-15H2,1-3H3,(H,25,27). The lowest BCUT2D eigenvalue weighted by Crippen LogP contribution is -2.37. The maximum atomic E-state index is 13.3. The number of carbonyl (C=O) groups excluding carboxylic acids is 1. The van der Waals surface area contributed by atoms with Crippen LogP contribution in [0, 0.1) is 10.8 Å². The highest BCUT2D eigenvalue weighted by atomic mass is 35.5. The second-order valence-electron chi connectivity index (χ2n) is 9.75. The maximum Gasteiger partial charge on any atom is 0.255 e. The van der Waals surface area contributed by atoms with Gasteiger partial charge in [0.15, 0.2) is 0 Å². The van der Waals surface area contributed by atoms with E-state index in [0.29, 0.717) is 22.8 Å². The highest BCUT2D eigenvalue weighted by Crippen LogP contribution is 2.53. The summed E-state index contributed by atoms with van der Waals surface area (Å²) in [5.41, 5.74) is 1.20. The Morgan fingerprint density at radius 1 is 1.03 bits per heavy atom. The van der Waals surface area contributed by atoms with Gasteiger partial charge in [-0.15, -0.1) is 0 Å². The van der Waals surface area contributed by atoms with Crippen LogP contribution in [0.3, 0.4) is 0 Å². The zero-order chi connectivity index (χ0) is 21.7. The molecule has 2 bridgehead atoms. The van der Waals surface area contributed by atoms with Crippen molar-refractivity contribution in [2.24, 2.45) is 10.8 Å². The van der Waals surface area contributed by atoms with Crippen molar-refractivity contribution in [2.45, 2.75) is 51.0 Å². The summed E-state index contributed by atoms with van der Waals surface area (Å²) in [5, 5.41) is 3.37. The second kappa shape index (κ2) is 7.36. The van der Waals surface area contributed by atoms with E-state index in [9.17, 15) is 13.2 Å². The Morgan fingerprint density at radius 3 is 2.30 bits per heavy atom. The minimum Gasteiger partial charge on any atom is -0.322 e. The molecular formula is C23H27ClN2O3S. The summed E-state index contributed by atoms with van der Waals surface area (Å²) in [5.74, 6) is -0.299. The van der Waals surface area contributed by atoms with Crippen LogP contribution in [0.15, 0.2) is 53.4 Å². The molecular weight excluding hydrogens is 420 g/mol. The number of amides is 1. The van der Waals surface area contributed by atoms with Crippen LogP contribution in [0.5, 0.6) is 0 Å². The summed E-state index contributed by atoms with van der Waals surface area (Å²) in [6.07, 6.45) is 2.83. The van der Waals surface area contributed by atoms with E-state index in [1.807, 2.05) is 0 Å². The molecule has 1 amide bonds. The minimum absolute atomic E-state index is 0.0257. The molecule has 160 valence electrons. The average Bonchev–Trinajstić information content (AvgIpc) is 2.93. The molecule has 2 aromatic rings. The smallest absolute Gasteiger partial charge is 0.255 e. The molecule has 5 nitrogen and oxygen atoms in total. The van der Waals surface area contributed by atoms with Crippen molar-refractivity contribution in [1.82, 2.24) is 4.31 Å². The van der Waals surface area contributed by atoms with E-state index in [0.717, 1.165) is 19.3 Å². The molecule has 2 unspecified atom stereocenters. The Morgan fingerprint density at radius 2 is 1.67 bits per heavy atom. The Labute approximate surface area is 183 Å². The highest BCUT2D eigenvalue weighted by Gasteiger charge is 2.53. The van der Waals surface area contributed by atoms with E-state index in [4.69, 9.17) is 11.6 Å². The van der Waals surface area contributed by atoms with Crippen molar-refractivity contribution in [3.05, 3.63) is 59.1 Å². The van der Waals surface area contributed by atoms with Crippen LogP contribution in [-0.4, -0.2) is 31.2 Å². The number of nitrogens with zero attached hydrogens (tertiary/aromatic N) is 1. The van der Waals surface area contributed by atoms with Crippen LogP contribution in [0.4, 0.5) is 5.69 Å². The fourth-order valence-electron chi connectivity index (χ4n) is 5.34. The van der Waals surface area contributed by atoms with E-state index in [1.165, 1.54) is 12.1 Å². The molecule has 1 saturated heterocycles. The maximum absolute atomic E-state index is 13.3. The molecule has 7 heteroatoms. The van der Waals surface area contributed by atoms with Crippen LogP contribution >= 0.6 is 11.6 Å². The Bertz CT molecular complexity index is 1060. The van der Waals surface area contributed by atoms with Gasteiger partial charge in [-0.05, 0) is 78.6 Å². The van der Waals surface area contributed by atoms with Crippen LogP contribution in [0.1, 0.15) is 50.4 Å². The third-order valence-electron chi connectivity index (χ3n) is 6.19. The third kappa shape index (κ3) is 4.13. The van der Waals surface area contributed by atoms with Crippen molar-refractivity contribution < 1.29 is 13.2 Å². The van der Waals surface area contributed by atoms with Gasteiger partial charge < -0.3 is 5.32 Å². The van der Waals surface area contributed by atoms with Crippen LogP contribution in [-0.2, 0) is 10.0 Å². The molecule has 1 saturated carbocycles. The molecule has 1 aliphatic carbocycles. The number of hydrogen-bond acceptors (Lipinski definition) is 3. The summed E-state index contributed by atoms with van der Waals surface area (Å²) in [7, 11) is -3.60. The molecule has 2 atom stereocenters. The minimum atomic E-state index is -3.60. The zero-order valence-electron chi connectivity index (χ0n) is 17.5. The third-order valence-corrected chi connectivity index (χ3v) is 8.36. The molecule has 1 aliphatic heterocycles. The first kappa shape index (κ1) is 21.3. The first-order valence-electron chi connectivity index (χ1n) is 10.2. The Kier molecular flexibility index (Phi) is 5.24. The fourth-order valence-corrected chi connectivity index (χ4v) is 7.24. The normalized spacial score (nSPS) is 25.8. The molecule has 0 spiro atoms. The lowest BCUT2D eigenvalue weighted by atomic mass is 9.65. The summed E-state index contributed by atoms with van der Waals surface area (Å²) >= 11 is 5.86. The summed E-state index contributed by atoms with van der Waals surface area (Å²) in [6, 6.07) is 13.0. The van der Waals surface area contributed by atoms with Crippen molar-refractivity contribution >= 4 is 33.2 Å². The van der Waals surface area contributed by atoms with Gasteiger partial charge in [-0.2, -0.15) is 4.31 Å². The molecule has 1 heterocycles. The first-order chi connectivity index (χ1) is 14.0. The average molecular weight is 447 g/mol. The zero-order valence-corrected chi connectivity index (χ0v) is 19.1. The lowest BCUT2D eigenvalue weighted by molar-refractivity contribution is 0.102. The largest absolute Gasteiger partial charge is 0.322 e. The van der Waals surface area contributed by atoms with Crippen molar-refractivity contribution in [2.75, 3.05) is 11.9 Å². The van der Waals surface area contributed by atoms with E-state index in [2.05, 4.69) is 26.1 Å². The molecule has 2 aliphatic rings. The SMILES string of the molecule is CC1(C)CC2CC(C)(CN2S(=O)(=O)c2ccc(C(=O)Nc3ccc(Cl)cc3)cc2)C1. The first-order valence-corrected chi connectivity index (χ1v) is 12.0. The molecule has 0 radical (unpaired) electrons. The van der Waals surface area contributed by atoms with Gasteiger partial charge >= 0.3 is 0 Å². The lowest BCUT2D eigenvalue weighted by Gasteiger charge is -2.39. The van der Waals surface area contributed by atoms with E-state index < -0.39 is 10.0 Å². The van der Waals surface area contributed by atoms with Gasteiger partial charge in [-0.1, -0.05) is 32.4 Å². The number of halogens is 1. The fraction of sp³-hybridized carbons (Fsp3) is 0.435. The number of benzene rings is 2. The number of carbonyl (C=O) groups is 1. The topological polar surface area (TPSA) is 66.5 Å². The molecule has 1 N–H and O–H groups in total. The predicted molar refractivity (Wildman–Crippen MR) is 119 cm³/mol. The summed E-state index contributed by atoms with van der Waals surface area (Å²) in [4.78, 5) is 12.7. The Hall–Kier alpha value is -1.89. The summed E-state index contributed by atoms with van der Waals surface area (Å²) < 4.78 is 28.4. The van der Waals surface area contributed by atoms with Crippen molar-refractivity contribution in [3.8, 4) is 0 Å². The molecule has 4 rings (SSSR count). The van der Waals surface area contributed by atoms with Crippen LogP contribution in [0.2, 0.25) is 5.02 Å². The van der Waals surface area contributed by atoms with E-state index >= 15 is 0 Å². The summed E-state index contributed by atoms with van der Waals surface area (Å²) in [6.45, 7) is 7.20. The number of fused-ring (bicyclic) bond motifs is 2. The van der Waals surface area contributed by atoms with Crippen molar-refractivity contribution in [3.63, 3.8) is 0 Å². The molecule has 2 aromatic carbocycles. The van der Waals surface area contributed by atoms with Gasteiger partial charge in [0.2, 0.25) is 10.0 Å². The number of anilines is 1. The second-order valence-corrected chi connectivity index (χ2v) is 12.1. The van der Waals surface area contributed by atoms with Gasteiger partial charge in [0, 0.05) is 28.9 Å². The molecule has 30 heavy (non-hydrogen) atoms. The van der Waals surface area contributed by atoms with Crippen LogP contribution in [0.25, 0.3) is 0 Å². The monoisotopic (exact) mass is 446 g/mol. The van der Waals surface area contributed by atoms with Gasteiger partial charge in [-0.3, -0.25) is 4.79 Å². The van der Waals surface area contributed by atoms with Gasteiger partial charge in [0.25, 0.3) is 5.91 Å². The van der Waals surface area contributed by atoms with Gasteiger partial charge in [0.05, 0.1) is 4.90 Å². The molecule has 0 aromatic heterocycles. The quantitative estimate of drug-likeness (QED) is 0.703. The predicted octanol–water partition coefficient (Wildman–Crippen LogP) is 5.18. The number of hydrogen-bond donors (Lipinski definition) is 1. The molecule has 2 fully saturated rings. The van der Waals surface area contributed by atoms with Gasteiger partial charge in [0.1, 0.15) is 0 Å². The van der Waals surface area contributed by atoms with Gasteiger partial charge in [-0.25, -0.2) is 8.42 Å². The highest BCUT2D eigenvalue weighted by molar-refractivity contribution is 7.89. The van der Waals surface area contributed by atoms with E-state index in [1.54, 1.807) is 40.7 Å².